The first-order valence-electron chi connectivity index (χ1n) is 8.69. The van der Waals surface area contributed by atoms with E-state index < -0.39 is 0 Å². The van der Waals surface area contributed by atoms with Gasteiger partial charge in [0.2, 0.25) is 0 Å². The fourth-order valence-electron chi connectivity index (χ4n) is 2.86. The molecule has 0 atom stereocenters. The maximum atomic E-state index is 13.2. The van der Waals surface area contributed by atoms with Gasteiger partial charge in [0.1, 0.15) is 0 Å². The summed E-state index contributed by atoms with van der Waals surface area (Å²) in [4.78, 5) is 23.7. The number of amides is 1. The van der Waals surface area contributed by atoms with Crippen LogP contribution in [-0.2, 0) is 6.54 Å². The lowest BCUT2D eigenvalue weighted by molar-refractivity contribution is 0.0986. The number of thiazole rings is 1. The smallest absolute Gasteiger partial charge is 0.260 e. The first-order valence-corrected chi connectivity index (χ1v) is 10.7. The minimum Gasteiger partial charge on any atom is -0.337 e. The van der Waals surface area contributed by atoms with E-state index in [4.69, 9.17) is 16.6 Å². The number of benzene rings is 2. The summed E-state index contributed by atoms with van der Waals surface area (Å²) < 4.78 is 4.03. The van der Waals surface area contributed by atoms with Crippen LogP contribution in [-0.4, -0.2) is 27.0 Å². The van der Waals surface area contributed by atoms with Gasteiger partial charge in [0.25, 0.3) is 5.91 Å². The maximum absolute atomic E-state index is 13.2. The summed E-state index contributed by atoms with van der Waals surface area (Å²) in [5.74, 6) is -0.0829. The number of nitrogens with zero attached hydrogens (tertiary/aromatic N) is 4. The number of hydrogen-bond donors (Lipinski definition) is 0. The lowest BCUT2D eigenvalue weighted by Crippen LogP contribution is -2.32. The predicted octanol–water partition coefficient (Wildman–Crippen LogP) is 5.65. The molecule has 2 aromatic heterocycles. The van der Waals surface area contributed by atoms with E-state index in [2.05, 4.69) is 20.9 Å². The van der Waals surface area contributed by atoms with Crippen molar-refractivity contribution in [1.29, 1.82) is 0 Å². The van der Waals surface area contributed by atoms with Crippen molar-refractivity contribution in [3.63, 3.8) is 0 Å². The highest BCUT2D eigenvalue weighted by Crippen LogP contribution is 2.32. The van der Waals surface area contributed by atoms with Gasteiger partial charge in [0, 0.05) is 40.5 Å². The van der Waals surface area contributed by atoms with E-state index in [1.807, 2.05) is 29.0 Å². The molecular weight excluding hydrogens is 460 g/mol. The standard InChI is InChI=1S/C20H16BrClN4OS/c21-15-4-7-17-18(12-15)28-20(24-17)26(10-1-9-25-11-8-23-13-25)19(27)14-2-5-16(22)6-3-14/h2-8,11-13H,1,9-10H2. The number of aryl methyl sites for hydroxylation is 1. The number of anilines is 1. The maximum Gasteiger partial charge on any atom is 0.260 e. The Kier molecular flexibility index (Phi) is 5.75. The number of rotatable bonds is 6. The number of imidazole rings is 1. The highest BCUT2D eigenvalue weighted by Gasteiger charge is 2.21. The number of hydrogen-bond acceptors (Lipinski definition) is 4. The molecule has 0 radical (unpaired) electrons. The lowest BCUT2D eigenvalue weighted by Gasteiger charge is -2.20. The fraction of sp³-hybridized carbons (Fsp3) is 0.150. The Morgan fingerprint density at radius 3 is 2.79 bits per heavy atom. The van der Waals surface area contributed by atoms with Crippen molar-refractivity contribution in [2.45, 2.75) is 13.0 Å². The first kappa shape index (κ1) is 19.1. The molecule has 0 aliphatic heterocycles. The van der Waals surface area contributed by atoms with Crippen LogP contribution in [0.5, 0.6) is 0 Å². The number of carbonyl (C=O) groups is 1. The van der Waals surface area contributed by atoms with E-state index in [1.54, 1.807) is 41.7 Å². The Morgan fingerprint density at radius 2 is 2.04 bits per heavy atom. The Hall–Kier alpha value is -2.22. The molecule has 0 aliphatic carbocycles. The third-order valence-electron chi connectivity index (χ3n) is 4.26. The zero-order chi connectivity index (χ0) is 19.5. The molecule has 0 aliphatic rings. The number of aromatic nitrogens is 3. The molecule has 0 unspecified atom stereocenters. The van der Waals surface area contributed by atoms with Crippen molar-refractivity contribution < 1.29 is 4.79 Å². The van der Waals surface area contributed by atoms with E-state index in [-0.39, 0.29) is 5.91 Å². The Bertz CT molecular complexity index is 1100. The van der Waals surface area contributed by atoms with E-state index in [0.717, 1.165) is 27.7 Å². The molecule has 0 bridgehead atoms. The highest BCUT2D eigenvalue weighted by molar-refractivity contribution is 9.10. The molecule has 0 saturated heterocycles. The van der Waals surface area contributed by atoms with Crippen LogP contribution >= 0.6 is 38.9 Å². The molecule has 28 heavy (non-hydrogen) atoms. The summed E-state index contributed by atoms with van der Waals surface area (Å²) in [6.07, 6.45) is 6.23. The zero-order valence-corrected chi connectivity index (χ0v) is 17.9. The van der Waals surface area contributed by atoms with Crippen molar-refractivity contribution in [2.24, 2.45) is 0 Å². The largest absolute Gasteiger partial charge is 0.337 e. The minimum atomic E-state index is -0.0829. The summed E-state index contributed by atoms with van der Waals surface area (Å²) >= 11 is 11.0. The summed E-state index contributed by atoms with van der Waals surface area (Å²) in [7, 11) is 0. The molecule has 0 fully saturated rings. The van der Waals surface area contributed by atoms with Crippen molar-refractivity contribution in [1.82, 2.24) is 14.5 Å². The average Bonchev–Trinajstić information content (AvgIpc) is 3.34. The van der Waals surface area contributed by atoms with Crippen LogP contribution in [0.2, 0.25) is 5.02 Å². The van der Waals surface area contributed by atoms with E-state index in [1.165, 1.54) is 11.3 Å². The molecular formula is C20H16BrClN4OS. The Labute approximate surface area is 179 Å². The zero-order valence-electron chi connectivity index (χ0n) is 14.8. The third kappa shape index (κ3) is 4.27. The highest BCUT2D eigenvalue weighted by atomic mass is 79.9. The van der Waals surface area contributed by atoms with Crippen LogP contribution in [0.15, 0.2) is 65.7 Å². The average molecular weight is 476 g/mol. The van der Waals surface area contributed by atoms with Crippen LogP contribution in [0.25, 0.3) is 10.2 Å². The van der Waals surface area contributed by atoms with Gasteiger partial charge in [-0.1, -0.05) is 38.9 Å². The van der Waals surface area contributed by atoms with Crippen molar-refractivity contribution in [3.05, 3.63) is 76.2 Å². The molecule has 0 spiro atoms. The molecule has 1 amide bonds. The van der Waals surface area contributed by atoms with Gasteiger partial charge in [0.05, 0.1) is 16.5 Å². The van der Waals surface area contributed by atoms with Gasteiger partial charge in [-0.15, -0.1) is 0 Å². The van der Waals surface area contributed by atoms with Gasteiger partial charge in [-0.25, -0.2) is 9.97 Å². The summed E-state index contributed by atoms with van der Waals surface area (Å²) in [6.45, 7) is 1.33. The van der Waals surface area contributed by atoms with Crippen LogP contribution < -0.4 is 4.90 Å². The number of fused-ring (bicyclic) bond motifs is 1. The topological polar surface area (TPSA) is 51.0 Å². The second-order valence-corrected chi connectivity index (χ2v) is 8.59. The molecule has 4 aromatic rings. The summed E-state index contributed by atoms with van der Waals surface area (Å²) in [5.41, 5.74) is 1.47. The minimum absolute atomic E-state index is 0.0829. The lowest BCUT2D eigenvalue weighted by atomic mass is 10.2. The second-order valence-electron chi connectivity index (χ2n) is 6.23. The van der Waals surface area contributed by atoms with Gasteiger partial charge < -0.3 is 4.57 Å². The van der Waals surface area contributed by atoms with Crippen LogP contribution in [0.1, 0.15) is 16.8 Å². The van der Waals surface area contributed by atoms with E-state index in [0.29, 0.717) is 22.3 Å². The molecule has 2 heterocycles. The molecule has 0 saturated carbocycles. The van der Waals surface area contributed by atoms with Gasteiger partial charge in [-0.2, -0.15) is 0 Å². The second kappa shape index (κ2) is 8.43. The van der Waals surface area contributed by atoms with Crippen molar-refractivity contribution >= 4 is 60.1 Å². The van der Waals surface area contributed by atoms with Crippen molar-refractivity contribution in [2.75, 3.05) is 11.4 Å². The predicted molar refractivity (Wildman–Crippen MR) is 117 cm³/mol. The monoisotopic (exact) mass is 474 g/mol. The third-order valence-corrected chi connectivity index (χ3v) is 6.05. The van der Waals surface area contributed by atoms with Crippen LogP contribution in [0.4, 0.5) is 5.13 Å². The molecule has 8 heteroatoms. The number of halogens is 2. The molecule has 4 rings (SSSR count). The van der Waals surface area contributed by atoms with Gasteiger partial charge in [-0.05, 0) is 48.9 Å². The molecule has 2 aromatic carbocycles. The molecule has 0 N–H and O–H groups in total. The summed E-state index contributed by atoms with van der Waals surface area (Å²) in [6, 6.07) is 12.9. The van der Waals surface area contributed by atoms with E-state index in [9.17, 15) is 4.79 Å². The molecule has 5 nitrogen and oxygen atoms in total. The van der Waals surface area contributed by atoms with Crippen LogP contribution in [0.3, 0.4) is 0 Å². The van der Waals surface area contributed by atoms with E-state index >= 15 is 0 Å². The van der Waals surface area contributed by atoms with Crippen molar-refractivity contribution in [3.8, 4) is 0 Å². The normalized spacial score (nSPS) is 11.1. The Morgan fingerprint density at radius 1 is 1.21 bits per heavy atom. The Balaban J connectivity index is 1.62. The quantitative estimate of drug-likeness (QED) is 0.362. The van der Waals surface area contributed by atoms with Gasteiger partial charge in [0.15, 0.2) is 5.13 Å². The SMILES string of the molecule is O=C(c1ccc(Cl)cc1)N(CCCn1ccnc1)c1nc2ccc(Br)cc2s1. The fourth-order valence-corrected chi connectivity index (χ4v) is 4.53. The first-order chi connectivity index (χ1) is 13.6. The number of carbonyl (C=O) groups excluding carboxylic acids is 1. The van der Waals surface area contributed by atoms with Gasteiger partial charge >= 0.3 is 0 Å². The summed E-state index contributed by atoms with van der Waals surface area (Å²) in [5, 5.41) is 1.30. The van der Waals surface area contributed by atoms with Gasteiger partial charge in [-0.3, -0.25) is 9.69 Å². The van der Waals surface area contributed by atoms with Crippen LogP contribution in [0, 0.1) is 0 Å². The molecule has 142 valence electrons.